The van der Waals surface area contributed by atoms with Crippen LogP contribution in [0.3, 0.4) is 0 Å². The fraction of sp³-hybridized carbons (Fsp3) is 0.321. The van der Waals surface area contributed by atoms with Crippen molar-refractivity contribution in [2.45, 2.75) is 51.6 Å². The van der Waals surface area contributed by atoms with Gasteiger partial charge in [-0.1, -0.05) is 23.7 Å². The molecule has 2 aliphatic heterocycles. The van der Waals surface area contributed by atoms with E-state index in [9.17, 15) is 4.79 Å². The highest BCUT2D eigenvalue weighted by Crippen LogP contribution is 2.50. The lowest BCUT2D eigenvalue weighted by molar-refractivity contribution is -0.120. The van der Waals surface area contributed by atoms with Gasteiger partial charge in [-0.05, 0) is 106 Å². The Morgan fingerprint density at radius 1 is 1.03 bits per heavy atom. The van der Waals surface area contributed by atoms with E-state index in [1.165, 1.54) is 0 Å². The van der Waals surface area contributed by atoms with Crippen LogP contribution in [0, 0.1) is 0 Å². The number of ether oxygens (including phenoxy) is 2. The second kappa shape index (κ2) is 7.81. The second-order valence-corrected chi connectivity index (χ2v) is 9.97. The first-order chi connectivity index (χ1) is 15.7. The van der Waals surface area contributed by atoms with E-state index < -0.39 is 5.41 Å². The topological polar surface area (TPSA) is 38.8 Å². The number of fused-ring (bicyclic) bond motifs is 2. The third-order valence-electron chi connectivity index (χ3n) is 6.80. The summed E-state index contributed by atoms with van der Waals surface area (Å²) in [6.45, 7) is 8.76. The summed E-state index contributed by atoms with van der Waals surface area (Å²) in [5.74, 6) is 1.68. The van der Waals surface area contributed by atoms with Gasteiger partial charge in [0.2, 0.25) is 5.91 Å². The van der Waals surface area contributed by atoms with Gasteiger partial charge >= 0.3 is 0 Å². The minimum absolute atomic E-state index is 0.000865. The van der Waals surface area contributed by atoms with Crippen molar-refractivity contribution in [2.75, 3.05) is 11.5 Å². The monoisotopic (exact) mass is 461 g/mol. The maximum absolute atomic E-state index is 14.1. The van der Waals surface area contributed by atoms with Crippen LogP contribution in [-0.4, -0.2) is 18.1 Å². The van der Waals surface area contributed by atoms with E-state index in [0.717, 1.165) is 52.4 Å². The van der Waals surface area contributed by atoms with Gasteiger partial charge in [0.25, 0.3) is 0 Å². The number of anilines is 2. The van der Waals surface area contributed by atoms with E-state index >= 15 is 0 Å². The molecule has 0 saturated carbocycles. The van der Waals surface area contributed by atoms with Crippen LogP contribution in [0.2, 0.25) is 5.02 Å². The van der Waals surface area contributed by atoms with Gasteiger partial charge in [0, 0.05) is 10.7 Å². The predicted molar refractivity (Wildman–Crippen MR) is 132 cm³/mol. The third-order valence-corrected chi connectivity index (χ3v) is 7.03. The Balaban J connectivity index is 1.61. The van der Waals surface area contributed by atoms with Crippen molar-refractivity contribution in [3.8, 4) is 11.5 Å². The molecule has 4 nitrogen and oxygen atoms in total. The van der Waals surface area contributed by atoms with Gasteiger partial charge in [-0.3, -0.25) is 9.69 Å². The number of nitrogens with zero attached hydrogens (tertiary/aromatic N) is 1. The third kappa shape index (κ3) is 3.57. The number of hydrogen-bond acceptors (Lipinski definition) is 3. The van der Waals surface area contributed by atoms with Gasteiger partial charge in [-0.2, -0.15) is 0 Å². The first-order valence-electron chi connectivity index (χ1n) is 11.4. The summed E-state index contributed by atoms with van der Waals surface area (Å²) in [6.07, 6.45) is 1.86. The minimum atomic E-state index is -0.860. The van der Waals surface area contributed by atoms with Crippen LogP contribution in [0.15, 0.2) is 60.7 Å². The summed E-state index contributed by atoms with van der Waals surface area (Å²) in [5, 5.41) is 0.615. The quantitative estimate of drug-likeness (QED) is 0.427. The zero-order valence-corrected chi connectivity index (χ0v) is 20.2. The molecule has 3 aromatic carbocycles. The SMILES string of the molecule is CCOc1ccc(N2C(=O)[C@@](C)(c3ccc4c(c3)CCC(C)(C)O4)c3cc(Cl)ccc32)cc1. The summed E-state index contributed by atoms with van der Waals surface area (Å²) in [7, 11) is 0. The molecule has 33 heavy (non-hydrogen) atoms. The molecule has 0 spiro atoms. The Bertz CT molecular complexity index is 1230. The number of carbonyl (C=O) groups excluding carboxylic acids is 1. The van der Waals surface area contributed by atoms with Gasteiger partial charge in [-0.15, -0.1) is 0 Å². The van der Waals surface area contributed by atoms with Crippen molar-refractivity contribution in [3.05, 3.63) is 82.4 Å². The average Bonchev–Trinajstić information content (AvgIpc) is 3.01. The summed E-state index contributed by atoms with van der Waals surface area (Å²) < 4.78 is 11.8. The number of amides is 1. The molecule has 0 N–H and O–H groups in total. The van der Waals surface area contributed by atoms with Crippen LogP contribution >= 0.6 is 11.6 Å². The molecule has 3 aromatic rings. The zero-order valence-electron chi connectivity index (χ0n) is 19.4. The molecule has 170 valence electrons. The second-order valence-electron chi connectivity index (χ2n) is 9.54. The standard InChI is InChI=1S/C28H28ClNO3/c1-5-32-22-10-8-21(9-11-22)30-24-12-7-20(29)17-23(24)28(4,26(30)31)19-6-13-25-18(16-19)14-15-27(2,3)33-25/h6-13,16-17H,5,14-15H2,1-4H3/t28-/m0/s1. The maximum Gasteiger partial charge on any atom is 0.246 e. The van der Waals surface area contributed by atoms with E-state index in [2.05, 4.69) is 19.9 Å². The first-order valence-corrected chi connectivity index (χ1v) is 11.8. The van der Waals surface area contributed by atoms with Gasteiger partial charge in [-0.25, -0.2) is 0 Å². The summed E-state index contributed by atoms with van der Waals surface area (Å²) >= 11 is 6.42. The molecule has 0 aromatic heterocycles. The first kappa shape index (κ1) is 21.8. The van der Waals surface area contributed by atoms with E-state index in [4.69, 9.17) is 21.1 Å². The smallest absolute Gasteiger partial charge is 0.246 e. The number of aryl methyl sites for hydroxylation is 1. The summed E-state index contributed by atoms with van der Waals surface area (Å²) in [4.78, 5) is 15.9. The van der Waals surface area contributed by atoms with E-state index in [1.54, 1.807) is 4.90 Å². The molecule has 5 rings (SSSR count). The Hall–Kier alpha value is -2.98. The highest BCUT2D eigenvalue weighted by molar-refractivity contribution is 6.31. The van der Waals surface area contributed by atoms with Crippen molar-refractivity contribution in [2.24, 2.45) is 0 Å². The molecule has 0 fully saturated rings. The van der Waals surface area contributed by atoms with Crippen LogP contribution in [0.25, 0.3) is 0 Å². The molecule has 0 bridgehead atoms. The van der Waals surface area contributed by atoms with Gasteiger partial charge in [0.05, 0.1) is 17.7 Å². The van der Waals surface area contributed by atoms with Crippen molar-refractivity contribution in [3.63, 3.8) is 0 Å². The van der Waals surface area contributed by atoms with Gasteiger partial charge in [0.15, 0.2) is 0 Å². The van der Waals surface area contributed by atoms with Gasteiger partial charge < -0.3 is 9.47 Å². The Morgan fingerprint density at radius 2 is 1.79 bits per heavy atom. The molecule has 1 atom stereocenters. The maximum atomic E-state index is 14.1. The molecular weight excluding hydrogens is 434 g/mol. The Morgan fingerprint density at radius 3 is 2.52 bits per heavy atom. The molecule has 0 aliphatic carbocycles. The largest absolute Gasteiger partial charge is 0.494 e. The molecule has 0 radical (unpaired) electrons. The highest BCUT2D eigenvalue weighted by Gasteiger charge is 2.49. The lowest BCUT2D eigenvalue weighted by atomic mass is 9.76. The molecule has 2 aliphatic rings. The van der Waals surface area contributed by atoms with Crippen molar-refractivity contribution < 1.29 is 14.3 Å². The van der Waals surface area contributed by atoms with Crippen LogP contribution in [0.4, 0.5) is 11.4 Å². The van der Waals surface area contributed by atoms with E-state index in [-0.39, 0.29) is 11.5 Å². The van der Waals surface area contributed by atoms with Crippen molar-refractivity contribution in [1.29, 1.82) is 0 Å². The fourth-order valence-electron chi connectivity index (χ4n) is 4.92. The Labute approximate surface area is 200 Å². The van der Waals surface area contributed by atoms with Crippen molar-refractivity contribution in [1.82, 2.24) is 0 Å². The highest BCUT2D eigenvalue weighted by atomic mass is 35.5. The molecule has 1 amide bonds. The summed E-state index contributed by atoms with van der Waals surface area (Å²) in [5.41, 5.74) is 3.62. The van der Waals surface area contributed by atoms with E-state index in [0.29, 0.717) is 11.6 Å². The number of benzene rings is 3. The number of hydrogen-bond donors (Lipinski definition) is 0. The minimum Gasteiger partial charge on any atom is -0.494 e. The van der Waals surface area contributed by atoms with Crippen LogP contribution in [0.5, 0.6) is 11.5 Å². The lowest BCUT2D eigenvalue weighted by Crippen LogP contribution is -2.37. The number of carbonyl (C=O) groups is 1. The van der Waals surface area contributed by atoms with E-state index in [1.807, 2.05) is 68.4 Å². The lowest BCUT2D eigenvalue weighted by Gasteiger charge is -2.34. The fourth-order valence-corrected chi connectivity index (χ4v) is 5.09. The van der Waals surface area contributed by atoms with Gasteiger partial charge in [0.1, 0.15) is 17.1 Å². The van der Waals surface area contributed by atoms with Crippen LogP contribution in [-0.2, 0) is 16.6 Å². The number of rotatable bonds is 4. The summed E-state index contributed by atoms with van der Waals surface area (Å²) in [6, 6.07) is 19.5. The molecule has 0 unspecified atom stereocenters. The normalized spacial score (nSPS) is 20.8. The zero-order chi connectivity index (χ0) is 23.4. The predicted octanol–water partition coefficient (Wildman–Crippen LogP) is 6.83. The molecule has 5 heteroatoms. The average molecular weight is 462 g/mol. The Kier molecular flexibility index (Phi) is 5.17. The molecule has 0 saturated heterocycles. The van der Waals surface area contributed by atoms with Crippen LogP contribution in [0.1, 0.15) is 50.8 Å². The van der Waals surface area contributed by atoms with Crippen LogP contribution < -0.4 is 14.4 Å². The molecule has 2 heterocycles. The molecular formula is C28H28ClNO3. The van der Waals surface area contributed by atoms with Crippen molar-refractivity contribution >= 4 is 28.9 Å². The number of halogens is 1.